The molecule has 0 radical (unpaired) electrons. The molecular formula is C9H15N3O4S. The summed E-state index contributed by atoms with van der Waals surface area (Å²) < 4.78 is 26.8. The van der Waals surface area contributed by atoms with Crippen molar-refractivity contribution in [1.29, 1.82) is 0 Å². The van der Waals surface area contributed by atoms with Crippen molar-refractivity contribution in [2.75, 3.05) is 6.54 Å². The highest BCUT2D eigenvalue weighted by Gasteiger charge is 2.18. The normalized spacial score (nSPS) is 11.9. The Balaban J connectivity index is 2.78. The Kier molecular flexibility index (Phi) is 4.24. The van der Waals surface area contributed by atoms with Crippen LogP contribution in [0.2, 0.25) is 0 Å². The van der Waals surface area contributed by atoms with E-state index in [2.05, 4.69) is 4.98 Å². The number of rotatable bonds is 6. The Morgan fingerprint density at radius 1 is 1.59 bits per heavy atom. The molecule has 0 unspecified atom stereocenters. The van der Waals surface area contributed by atoms with Crippen molar-refractivity contribution in [2.24, 2.45) is 5.92 Å². The number of carboxylic acids is 1. The third-order valence-corrected chi connectivity index (χ3v) is 3.16. The molecule has 1 aromatic rings. The van der Waals surface area contributed by atoms with Crippen LogP contribution in [0.4, 0.5) is 0 Å². The zero-order chi connectivity index (χ0) is 13.1. The van der Waals surface area contributed by atoms with E-state index in [0.29, 0.717) is 12.5 Å². The Labute approximate surface area is 99.5 Å². The number of sulfonamides is 1. The average Bonchev–Trinajstić information content (AvgIpc) is 2.63. The lowest BCUT2D eigenvalue weighted by Crippen LogP contribution is -2.29. The lowest BCUT2D eigenvalue weighted by molar-refractivity contribution is -0.135. The molecule has 0 aliphatic rings. The van der Waals surface area contributed by atoms with Crippen molar-refractivity contribution >= 4 is 16.0 Å². The number of aromatic nitrogens is 2. The van der Waals surface area contributed by atoms with Crippen LogP contribution in [0.1, 0.15) is 13.8 Å². The number of nitrogens with zero attached hydrogens (tertiary/aromatic N) is 2. The van der Waals surface area contributed by atoms with Crippen molar-refractivity contribution in [3.05, 3.63) is 12.5 Å². The molecule has 1 rings (SSSR count). The molecule has 0 aliphatic heterocycles. The van der Waals surface area contributed by atoms with E-state index in [9.17, 15) is 13.2 Å². The smallest absolute Gasteiger partial charge is 0.318 e. The van der Waals surface area contributed by atoms with Crippen LogP contribution < -0.4 is 4.72 Å². The van der Waals surface area contributed by atoms with Gasteiger partial charge in [-0.1, -0.05) is 13.8 Å². The van der Waals surface area contributed by atoms with Crippen LogP contribution in [0.3, 0.4) is 0 Å². The van der Waals surface area contributed by atoms with Gasteiger partial charge < -0.3 is 9.67 Å². The second-order valence-electron chi connectivity index (χ2n) is 4.02. The molecule has 8 heteroatoms. The molecule has 0 amide bonds. The molecule has 1 aromatic heterocycles. The minimum Gasteiger partial charge on any atom is -0.480 e. The number of carbonyl (C=O) groups is 1. The maximum atomic E-state index is 11.6. The van der Waals surface area contributed by atoms with E-state index in [1.165, 1.54) is 12.5 Å². The summed E-state index contributed by atoms with van der Waals surface area (Å²) >= 11 is 0. The first-order chi connectivity index (χ1) is 7.81. The number of aliphatic carboxylic acids is 1. The van der Waals surface area contributed by atoms with Crippen molar-refractivity contribution < 1.29 is 18.3 Å². The van der Waals surface area contributed by atoms with Gasteiger partial charge in [-0.2, -0.15) is 4.72 Å². The summed E-state index contributed by atoms with van der Waals surface area (Å²) in [6, 6.07) is 0. The highest BCUT2D eigenvalue weighted by molar-refractivity contribution is 7.89. The Hall–Kier alpha value is -1.41. The average molecular weight is 261 g/mol. The van der Waals surface area contributed by atoms with E-state index in [1.807, 2.05) is 18.6 Å². The topological polar surface area (TPSA) is 101 Å². The van der Waals surface area contributed by atoms with Gasteiger partial charge in [0.05, 0.1) is 6.33 Å². The molecule has 0 fully saturated rings. The van der Waals surface area contributed by atoms with Crippen LogP contribution in [-0.2, 0) is 21.4 Å². The third kappa shape index (κ3) is 4.16. The van der Waals surface area contributed by atoms with E-state index in [1.54, 1.807) is 4.57 Å². The van der Waals surface area contributed by atoms with Gasteiger partial charge in [-0.15, -0.1) is 0 Å². The van der Waals surface area contributed by atoms with Crippen molar-refractivity contribution in [1.82, 2.24) is 14.3 Å². The second kappa shape index (κ2) is 5.28. The zero-order valence-electron chi connectivity index (χ0n) is 9.62. The van der Waals surface area contributed by atoms with Gasteiger partial charge >= 0.3 is 5.97 Å². The predicted octanol–water partition coefficient (Wildman–Crippen LogP) is -0.0980. The fourth-order valence-electron chi connectivity index (χ4n) is 1.23. The summed E-state index contributed by atoms with van der Waals surface area (Å²) in [6.07, 6.45) is 2.79. The number of carboxylic acid groups (broad SMARTS) is 1. The summed E-state index contributed by atoms with van der Waals surface area (Å²) in [5, 5.41) is 8.23. The van der Waals surface area contributed by atoms with Crippen LogP contribution in [0.25, 0.3) is 0 Å². The lowest BCUT2D eigenvalue weighted by Gasteiger charge is -2.04. The van der Waals surface area contributed by atoms with Gasteiger partial charge in [0, 0.05) is 12.7 Å². The van der Waals surface area contributed by atoms with Crippen molar-refractivity contribution in [2.45, 2.75) is 25.4 Å². The van der Waals surface area contributed by atoms with Crippen molar-refractivity contribution in [3.8, 4) is 0 Å². The molecule has 7 nitrogen and oxygen atoms in total. The molecule has 17 heavy (non-hydrogen) atoms. The van der Waals surface area contributed by atoms with E-state index >= 15 is 0 Å². The van der Waals surface area contributed by atoms with Gasteiger partial charge in [-0.25, -0.2) is 13.4 Å². The quantitative estimate of drug-likeness (QED) is 0.744. The van der Waals surface area contributed by atoms with Gasteiger partial charge in [0.2, 0.25) is 0 Å². The molecule has 0 bridgehead atoms. The maximum Gasteiger partial charge on any atom is 0.318 e. The molecule has 0 saturated carbocycles. The molecule has 2 N–H and O–H groups in total. The fraction of sp³-hybridized carbons (Fsp3) is 0.556. The summed E-state index contributed by atoms with van der Waals surface area (Å²) in [5.74, 6) is -0.873. The number of hydrogen-bond acceptors (Lipinski definition) is 4. The van der Waals surface area contributed by atoms with E-state index in [-0.39, 0.29) is 5.03 Å². The summed E-state index contributed by atoms with van der Waals surface area (Å²) in [4.78, 5) is 14.0. The van der Waals surface area contributed by atoms with Gasteiger partial charge in [-0.05, 0) is 5.92 Å². The van der Waals surface area contributed by atoms with Crippen molar-refractivity contribution in [3.63, 3.8) is 0 Å². The number of imidazole rings is 1. The molecule has 96 valence electrons. The molecule has 0 aliphatic carbocycles. The first kappa shape index (κ1) is 13.7. The molecule has 1 heterocycles. The highest BCUT2D eigenvalue weighted by Crippen LogP contribution is 2.06. The monoisotopic (exact) mass is 261 g/mol. The summed E-state index contributed by atoms with van der Waals surface area (Å²) in [5.41, 5.74) is 0. The van der Waals surface area contributed by atoms with E-state index in [4.69, 9.17) is 5.11 Å². The summed E-state index contributed by atoms with van der Waals surface area (Å²) in [6.45, 7) is 3.99. The van der Waals surface area contributed by atoms with E-state index < -0.39 is 22.5 Å². The highest BCUT2D eigenvalue weighted by atomic mass is 32.2. The van der Waals surface area contributed by atoms with Crippen LogP contribution in [0, 0.1) is 5.92 Å². The predicted molar refractivity (Wildman–Crippen MR) is 59.9 cm³/mol. The first-order valence-corrected chi connectivity index (χ1v) is 6.53. The van der Waals surface area contributed by atoms with Crippen LogP contribution in [0.15, 0.2) is 17.6 Å². The molecule has 0 aromatic carbocycles. The Morgan fingerprint density at radius 2 is 2.24 bits per heavy atom. The fourth-order valence-corrected chi connectivity index (χ4v) is 2.15. The largest absolute Gasteiger partial charge is 0.480 e. The lowest BCUT2D eigenvalue weighted by atomic mass is 10.2. The number of nitrogens with one attached hydrogen (secondary N) is 1. The van der Waals surface area contributed by atoms with Gasteiger partial charge in [0.15, 0.2) is 5.03 Å². The molecule has 0 saturated heterocycles. The molecular weight excluding hydrogens is 246 g/mol. The minimum absolute atomic E-state index is 0.167. The van der Waals surface area contributed by atoms with Gasteiger partial charge in [0.25, 0.3) is 10.0 Å². The maximum absolute atomic E-state index is 11.6. The van der Waals surface area contributed by atoms with Crippen LogP contribution in [0.5, 0.6) is 0 Å². The zero-order valence-corrected chi connectivity index (χ0v) is 10.4. The van der Waals surface area contributed by atoms with Gasteiger partial charge in [-0.3, -0.25) is 4.79 Å². The minimum atomic E-state index is -3.83. The Morgan fingerprint density at radius 3 is 2.76 bits per heavy atom. The first-order valence-electron chi connectivity index (χ1n) is 5.04. The Bertz CT molecular complexity index is 492. The SMILES string of the molecule is CC(C)Cn1cnc(S(=O)(=O)NCC(=O)O)c1. The van der Waals surface area contributed by atoms with Crippen LogP contribution in [-0.4, -0.2) is 35.6 Å². The third-order valence-electron chi connectivity index (χ3n) is 1.87. The second-order valence-corrected chi connectivity index (χ2v) is 5.73. The standard InChI is InChI=1S/C9H15N3O4S/c1-7(2)4-12-5-8(10-6-12)17(15,16)11-3-9(13)14/h5-7,11H,3-4H2,1-2H3,(H,13,14). The summed E-state index contributed by atoms with van der Waals surface area (Å²) in [7, 11) is -3.83. The number of hydrogen-bond donors (Lipinski definition) is 2. The molecule has 0 spiro atoms. The molecule has 0 atom stereocenters. The van der Waals surface area contributed by atoms with Gasteiger partial charge in [0.1, 0.15) is 6.54 Å². The van der Waals surface area contributed by atoms with E-state index in [0.717, 1.165) is 0 Å². The van der Waals surface area contributed by atoms with Crippen LogP contribution >= 0.6 is 0 Å².